The summed E-state index contributed by atoms with van der Waals surface area (Å²) in [6.07, 6.45) is 0.844. The number of ether oxygens (including phenoxy) is 1. The van der Waals surface area contributed by atoms with E-state index in [0.717, 1.165) is 12.0 Å². The van der Waals surface area contributed by atoms with E-state index in [4.69, 9.17) is 22.1 Å². The van der Waals surface area contributed by atoms with Crippen molar-refractivity contribution in [1.82, 2.24) is 4.90 Å². The van der Waals surface area contributed by atoms with Gasteiger partial charge in [0.25, 0.3) is 5.91 Å². The monoisotopic (exact) mass is 348 g/mol. The lowest BCUT2D eigenvalue weighted by Gasteiger charge is -2.41. The molecule has 1 aliphatic heterocycles. The maximum absolute atomic E-state index is 13.1. The van der Waals surface area contributed by atoms with Gasteiger partial charge in [-0.15, -0.1) is 0 Å². The van der Waals surface area contributed by atoms with E-state index >= 15 is 0 Å². The summed E-state index contributed by atoms with van der Waals surface area (Å²) in [5, 5.41) is 0.470. The molecule has 126 valence electrons. The van der Waals surface area contributed by atoms with Crippen LogP contribution >= 0.6 is 11.6 Å². The molecule has 6 heteroatoms. The van der Waals surface area contributed by atoms with Crippen LogP contribution in [0.3, 0.4) is 0 Å². The molecule has 0 radical (unpaired) electrons. The second kappa shape index (κ2) is 7.20. The van der Waals surface area contributed by atoms with Crippen molar-refractivity contribution < 1.29 is 13.9 Å². The highest BCUT2D eigenvalue weighted by Gasteiger charge is 2.35. The first-order valence-corrected chi connectivity index (χ1v) is 8.17. The number of rotatable bonds is 5. The Labute approximate surface area is 145 Å². The summed E-state index contributed by atoms with van der Waals surface area (Å²) in [6, 6.07) is 11.1. The van der Waals surface area contributed by atoms with E-state index in [0.29, 0.717) is 36.0 Å². The summed E-state index contributed by atoms with van der Waals surface area (Å²) in [5.74, 6) is 0.0352. The van der Waals surface area contributed by atoms with Crippen molar-refractivity contribution in [2.45, 2.75) is 12.5 Å². The van der Waals surface area contributed by atoms with Gasteiger partial charge in [-0.3, -0.25) is 4.79 Å². The molecule has 0 saturated carbocycles. The molecule has 1 saturated heterocycles. The maximum Gasteiger partial charge on any atom is 0.258 e. The minimum absolute atomic E-state index is 0.0561. The van der Waals surface area contributed by atoms with Crippen LogP contribution < -0.4 is 10.5 Å². The third-order valence-corrected chi connectivity index (χ3v) is 4.32. The predicted molar refractivity (Wildman–Crippen MR) is 90.8 cm³/mol. The summed E-state index contributed by atoms with van der Waals surface area (Å²) in [7, 11) is 0. The van der Waals surface area contributed by atoms with Gasteiger partial charge in [-0.1, -0.05) is 23.7 Å². The average Bonchev–Trinajstić information content (AvgIpc) is 2.54. The van der Waals surface area contributed by atoms with E-state index < -0.39 is 0 Å². The second-order valence-corrected chi connectivity index (χ2v) is 6.07. The first-order valence-electron chi connectivity index (χ1n) is 7.79. The van der Waals surface area contributed by atoms with Crippen LogP contribution in [-0.2, 0) is 0 Å². The van der Waals surface area contributed by atoms with E-state index in [-0.39, 0.29) is 17.8 Å². The van der Waals surface area contributed by atoms with Crippen LogP contribution in [0, 0.1) is 5.82 Å². The molecule has 0 aliphatic carbocycles. The van der Waals surface area contributed by atoms with Crippen molar-refractivity contribution in [3.63, 3.8) is 0 Å². The number of nitrogens with zero attached hydrogens (tertiary/aromatic N) is 1. The third-order valence-electron chi connectivity index (χ3n) is 4.08. The zero-order chi connectivity index (χ0) is 17.1. The van der Waals surface area contributed by atoms with E-state index in [2.05, 4.69) is 0 Å². The second-order valence-electron chi connectivity index (χ2n) is 5.63. The smallest absolute Gasteiger partial charge is 0.258 e. The molecule has 0 unspecified atom stereocenters. The van der Waals surface area contributed by atoms with Gasteiger partial charge in [-0.25, -0.2) is 4.39 Å². The minimum Gasteiger partial charge on any atom is -0.491 e. The Balaban J connectivity index is 1.83. The van der Waals surface area contributed by atoms with Gasteiger partial charge in [-0.2, -0.15) is 0 Å². The Morgan fingerprint density at radius 2 is 2.04 bits per heavy atom. The molecule has 0 aromatic heterocycles. The van der Waals surface area contributed by atoms with Crippen LogP contribution in [-0.4, -0.2) is 30.5 Å². The number of carbonyl (C=O) groups is 1. The lowest BCUT2D eigenvalue weighted by molar-refractivity contribution is 0.0456. The Morgan fingerprint density at radius 1 is 1.29 bits per heavy atom. The van der Waals surface area contributed by atoms with Gasteiger partial charge in [0.15, 0.2) is 0 Å². The lowest BCUT2D eigenvalue weighted by atomic mass is 9.93. The summed E-state index contributed by atoms with van der Waals surface area (Å²) >= 11 is 6.04. The fourth-order valence-corrected chi connectivity index (χ4v) is 2.95. The molecule has 2 aromatic carbocycles. The first-order chi connectivity index (χ1) is 11.6. The van der Waals surface area contributed by atoms with Gasteiger partial charge >= 0.3 is 0 Å². The van der Waals surface area contributed by atoms with E-state index in [1.54, 1.807) is 35.2 Å². The van der Waals surface area contributed by atoms with Gasteiger partial charge in [0, 0.05) is 18.1 Å². The molecule has 1 fully saturated rings. The molecule has 1 atom stereocenters. The van der Waals surface area contributed by atoms with Crippen molar-refractivity contribution in [1.29, 1.82) is 0 Å². The number of halogens is 2. The van der Waals surface area contributed by atoms with Crippen LogP contribution in [0.4, 0.5) is 4.39 Å². The molecule has 1 amide bonds. The van der Waals surface area contributed by atoms with Crippen LogP contribution in [0.2, 0.25) is 5.02 Å². The van der Waals surface area contributed by atoms with Crippen molar-refractivity contribution in [3.05, 3.63) is 64.4 Å². The van der Waals surface area contributed by atoms with Gasteiger partial charge in [-0.05, 0) is 42.3 Å². The zero-order valence-electron chi connectivity index (χ0n) is 13.0. The molecular formula is C18H18ClFN2O2. The molecule has 1 heterocycles. The number of nitrogens with two attached hydrogens (primary N) is 1. The number of hydrogen-bond donors (Lipinski definition) is 1. The topological polar surface area (TPSA) is 55.6 Å². The summed E-state index contributed by atoms with van der Waals surface area (Å²) in [5.41, 5.74) is 6.80. The molecule has 4 nitrogen and oxygen atoms in total. The normalized spacial score (nSPS) is 16.6. The minimum atomic E-state index is -0.289. The average molecular weight is 349 g/mol. The van der Waals surface area contributed by atoms with E-state index in [1.165, 1.54) is 12.1 Å². The molecular weight excluding hydrogens is 331 g/mol. The van der Waals surface area contributed by atoms with Crippen molar-refractivity contribution >= 4 is 17.5 Å². The quantitative estimate of drug-likeness (QED) is 0.901. The number of benzene rings is 2. The Bertz CT molecular complexity index is 736. The molecule has 24 heavy (non-hydrogen) atoms. The number of hydrogen-bond acceptors (Lipinski definition) is 3. The Morgan fingerprint density at radius 3 is 2.67 bits per heavy atom. The fourth-order valence-electron chi connectivity index (χ4n) is 2.78. The van der Waals surface area contributed by atoms with Crippen LogP contribution in [0.1, 0.15) is 28.4 Å². The maximum atomic E-state index is 13.1. The molecule has 1 aliphatic rings. The van der Waals surface area contributed by atoms with Crippen molar-refractivity contribution in [3.8, 4) is 5.75 Å². The van der Waals surface area contributed by atoms with Gasteiger partial charge in [0.1, 0.15) is 18.2 Å². The number of carbonyl (C=O) groups excluding carboxylic acids is 1. The van der Waals surface area contributed by atoms with Gasteiger partial charge < -0.3 is 15.4 Å². The standard InChI is InChI=1S/C18H18ClFN2O2/c19-13-3-6-17(24-10-8-21)15(11-13)18(23)22-9-7-16(22)12-1-4-14(20)5-2-12/h1-6,11,16H,7-10,21H2/t16-/m1/s1. The highest BCUT2D eigenvalue weighted by atomic mass is 35.5. The predicted octanol–water partition coefficient (Wildman–Crippen LogP) is 3.40. The van der Waals surface area contributed by atoms with Crippen molar-refractivity contribution in [2.75, 3.05) is 19.7 Å². The van der Waals surface area contributed by atoms with E-state index in [1.807, 2.05) is 0 Å². The van der Waals surface area contributed by atoms with E-state index in [9.17, 15) is 9.18 Å². The van der Waals surface area contributed by atoms with Gasteiger partial charge in [0.2, 0.25) is 0 Å². The molecule has 0 spiro atoms. The fraction of sp³-hybridized carbons (Fsp3) is 0.278. The van der Waals surface area contributed by atoms with Gasteiger partial charge in [0.05, 0.1) is 11.6 Å². The number of amides is 1. The highest BCUT2D eigenvalue weighted by molar-refractivity contribution is 6.31. The van der Waals surface area contributed by atoms with Crippen LogP contribution in [0.25, 0.3) is 0 Å². The largest absolute Gasteiger partial charge is 0.491 e. The Hall–Kier alpha value is -2.11. The number of likely N-dealkylation sites (tertiary alicyclic amines) is 1. The molecule has 3 rings (SSSR count). The molecule has 2 aromatic rings. The molecule has 0 bridgehead atoms. The zero-order valence-corrected chi connectivity index (χ0v) is 13.8. The van der Waals surface area contributed by atoms with Crippen LogP contribution in [0.5, 0.6) is 5.75 Å². The SMILES string of the molecule is NCCOc1ccc(Cl)cc1C(=O)N1CC[C@@H]1c1ccc(F)cc1. The summed E-state index contributed by atoms with van der Waals surface area (Å²) < 4.78 is 18.6. The highest BCUT2D eigenvalue weighted by Crippen LogP contribution is 2.36. The molecule has 2 N–H and O–H groups in total. The Kier molecular flexibility index (Phi) is 5.02. The van der Waals surface area contributed by atoms with Crippen molar-refractivity contribution in [2.24, 2.45) is 5.73 Å². The summed E-state index contributed by atoms with van der Waals surface area (Å²) in [4.78, 5) is 14.6. The first kappa shape index (κ1) is 16.7. The third kappa shape index (κ3) is 3.37. The van der Waals surface area contributed by atoms with Crippen LogP contribution in [0.15, 0.2) is 42.5 Å². The lowest BCUT2D eigenvalue weighted by Crippen LogP contribution is -2.45. The summed E-state index contributed by atoms with van der Waals surface area (Å²) in [6.45, 7) is 1.32.